The van der Waals surface area contributed by atoms with Gasteiger partial charge in [0.1, 0.15) is 5.54 Å². The molecule has 12 heavy (non-hydrogen) atoms. The number of carbonyl (C=O) groups excluding carboxylic acids is 1. The smallest absolute Gasteiger partial charge is 0.326 e. The molecule has 1 rings (SSSR count). The maximum absolute atomic E-state index is 11.3. The Bertz CT molecular complexity index is 166. The van der Waals surface area contributed by atoms with Gasteiger partial charge in [-0.2, -0.15) is 0 Å². The fourth-order valence-electron chi connectivity index (χ4n) is 1.49. The van der Waals surface area contributed by atoms with Crippen molar-refractivity contribution < 1.29 is 9.53 Å². The minimum absolute atomic E-state index is 0.151. The van der Waals surface area contributed by atoms with E-state index in [0.29, 0.717) is 13.1 Å². The summed E-state index contributed by atoms with van der Waals surface area (Å²) in [6.07, 6.45) is 2.84. The van der Waals surface area contributed by atoms with Gasteiger partial charge in [-0.25, -0.2) is 0 Å². The molecule has 0 heterocycles. The van der Waals surface area contributed by atoms with Crippen molar-refractivity contribution in [1.29, 1.82) is 0 Å². The van der Waals surface area contributed by atoms with E-state index < -0.39 is 5.54 Å². The van der Waals surface area contributed by atoms with Gasteiger partial charge in [-0.15, -0.1) is 0 Å². The molecule has 0 aromatic rings. The number of hydrogen-bond acceptors (Lipinski definition) is 4. The Balaban J connectivity index is 2.44. The van der Waals surface area contributed by atoms with Crippen LogP contribution in [-0.4, -0.2) is 31.7 Å². The summed E-state index contributed by atoms with van der Waals surface area (Å²) < 4.78 is 4.71. The van der Waals surface area contributed by atoms with Gasteiger partial charge in [0.2, 0.25) is 0 Å². The van der Waals surface area contributed by atoms with Crippen LogP contribution in [-0.2, 0) is 9.53 Å². The van der Waals surface area contributed by atoms with Crippen LogP contribution in [0.2, 0.25) is 0 Å². The molecule has 70 valence electrons. The second-order valence-corrected chi connectivity index (χ2v) is 3.14. The van der Waals surface area contributed by atoms with Gasteiger partial charge in [0, 0.05) is 13.1 Å². The normalized spacial score (nSPS) is 19.8. The van der Waals surface area contributed by atoms with Crippen LogP contribution in [0.5, 0.6) is 0 Å². The fourth-order valence-corrected chi connectivity index (χ4v) is 1.49. The van der Waals surface area contributed by atoms with Gasteiger partial charge in [-0.3, -0.25) is 4.79 Å². The van der Waals surface area contributed by atoms with Crippen LogP contribution in [0, 0.1) is 0 Å². The molecule has 4 heteroatoms. The lowest BCUT2D eigenvalue weighted by Crippen LogP contribution is -2.58. The molecule has 0 spiro atoms. The summed E-state index contributed by atoms with van der Waals surface area (Å²) in [4.78, 5) is 11.3. The highest BCUT2D eigenvalue weighted by Crippen LogP contribution is 2.32. The van der Waals surface area contributed by atoms with Crippen molar-refractivity contribution in [2.45, 2.75) is 24.8 Å². The van der Waals surface area contributed by atoms with E-state index in [-0.39, 0.29) is 5.97 Å². The molecule has 0 unspecified atom stereocenters. The van der Waals surface area contributed by atoms with Crippen LogP contribution in [0.4, 0.5) is 0 Å². The number of carbonyl (C=O) groups is 1. The molecular formula is C8H16N2O2. The van der Waals surface area contributed by atoms with E-state index in [4.69, 9.17) is 10.5 Å². The summed E-state index contributed by atoms with van der Waals surface area (Å²) in [7, 11) is 1.42. The Hall–Kier alpha value is -0.610. The minimum atomic E-state index is -0.409. The Kier molecular flexibility index (Phi) is 3.05. The van der Waals surface area contributed by atoms with Crippen LogP contribution in [0.3, 0.4) is 0 Å². The maximum Gasteiger partial charge on any atom is 0.326 e. The molecule has 0 amide bonds. The van der Waals surface area contributed by atoms with E-state index in [2.05, 4.69) is 5.32 Å². The van der Waals surface area contributed by atoms with E-state index in [9.17, 15) is 4.79 Å². The quantitative estimate of drug-likeness (QED) is 0.568. The molecular weight excluding hydrogens is 156 g/mol. The summed E-state index contributed by atoms with van der Waals surface area (Å²) in [5, 5.41) is 3.13. The van der Waals surface area contributed by atoms with Gasteiger partial charge >= 0.3 is 5.97 Å². The van der Waals surface area contributed by atoms with Gasteiger partial charge in [-0.1, -0.05) is 0 Å². The molecule has 0 atom stereocenters. The number of nitrogens with two attached hydrogens (primary N) is 1. The Labute approximate surface area is 72.5 Å². The van der Waals surface area contributed by atoms with Gasteiger partial charge in [-0.05, 0) is 19.3 Å². The number of rotatable bonds is 4. The highest BCUT2D eigenvalue weighted by molar-refractivity contribution is 5.81. The van der Waals surface area contributed by atoms with E-state index >= 15 is 0 Å². The second kappa shape index (κ2) is 3.87. The molecule has 3 N–H and O–H groups in total. The summed E-state index contributed by atoms with van der Waals surface area (Å²) in [6, 6.07) is 0. The summed E-state index contributed by atoms with van der Waals surface area (Å²) in [5.74, 6) is -0.151. The molecule has 1 aliphatic rings. The third-order valence-corrected chi connectivity index (χ3v) is 2.39. The number of nitrogens with one attached hydrogen (secondary N) is 1. The van der Waals surface area contributed by atoms with Gasteiger partial charge in [0.25, 0.3) is 0 Å². The van der Waals surface area contributed by atoms with Gasteiger partial charge in [0.05, 0.1) is 7.11 Å². The average molecular weight is 172 g/mol. The summed E-state index contributed by atoms with van der Waals surface area (Å²) >= 11 is 0. The van der Waals surface area contributed by atoms with Crippen molar-refractivity contribution in [2.24, 2.45) is 5.73 Å². The topological polar surface area (TPSA) is 64.3 Å². The zero-order chi connectivity index (χ0) is 9.03. The first-order valence-corrected chi connectivity index (χ1v) is 4.29. The SMILES string of the molecule is COC(=O)C1(NCCN)CCC1. The zero-order valence-electron chi connectivity index (χ0n) is 7.43. The monoisotopic (exact) mass is 172 g/mol. The van der Waals surface area contributed by atoms with Crippen molar-refractivity contribution in [3.63, 3.8) is 0 Å². The first-order chi connectivity index (χ1) is 5.75. The maximum atomic E-state index is 11.3. The average Bonchev–Trinajstić information content (AvgIpc) is 2.02. The lowest BCUT2D eigenvalue weighted by molar-refractivity contribution is -0.152. The van der Waals surface area contributed by atoms with Crippen LogP contribution in [0.1, 0.15) is 19.3 Å². The van der Waals surface area contributed by atoms with Crippen molar-refractivity contribution in [2.75, 3.05) is 20.2 Å². The zero-order valence-corrected chi connectivity index (χ0v) is 7.43. The van der Waals surface area contributed by atoms with Crippen LogP contribution >= 0.6 is 0 Å². The minimum Gasteiger partial charge on any atom is -0.468 e. The number of hydrogen-bond donors (Lipinski definition) is 2. The largest absolute Gasteiger partial charge is 0.468 e. The highest BCUT2D eigenvalue weighted by Gasteiger charge is 2.44. The van der Waals surface area contributed by atoms with Crippen molar-refractivity contribution >= 4 is 5.97 Å². The van der Waals surface area contributed by atoms with Crippen molar-refractivity contribution in [3.05, 3.63) is 0 Å². The lowest BCUT2D eigenvalue weighted by atomic mass is 9.77. The molecule has 0 bridgehead atoms. The van der Waals surface area contributed by atoms with Gasteiger partial charge < -0.3 is 15.8 Å². The second-order valence-electron chi connectivity index (χ2n) is 3.14. The summed E-state index contributed by atoms with van der Waals surface area (Å²) in [5.41, 5.74) is 4.93. The van der Waals surface area contributed by atoms with Crippen molar-refractivity contribution in [3.8, 4) is 0 Å². The van der Waals surface area contributed by atoms with E-state index in [1.54, 1.807) is 0 Å². The number of esters is 1. The van der Waals surface area contributed by atoms with Crippen LogP contribution in [0.15, 0.2) is 0 Å². The lowest BCUT2D eigenvalue weighted by Gasteiger charge is -2.39. The third-order valence-electron chi connectivity index (χ3n) is 2.39. The third kappa shape index (κ3) is 1.59. The molecule has 0 saturated heterocycles. The van der Waals surface area contributed by atoms with Gasteiger partial charge in [0.15, 0.2) is 0 Å². The predicted molar refractivity (Wildman–Crippen MR) is 45.7 cm³/mol. The van der Waals surface area contributed by atoms with E-state index in [0.717, 1.165) is 19.3 Å². The fraction of sp³-hybridized carbons (Fsp3) is 0.875. The summed E-state index contributed by atoms with van der Waals surface area (Å²) in [6.45, 7) is 1.23. The van der Waals surface area contributed by atoms with Crippen molar-refractivity contribution in [1.82, 2.24) is 5.32 Å². The van der Waals surface area contributed by atoms with Crippen LogP contribution in [0.25, 0.3) is 0 Å². The Morgan fingerprint density at radius 1 is 1.67 bits per heavy atom. The molecule has 1 fully saturated rings. The first-order valence-electron chi connectivity index (χ1n) is 4.29. The molecule has 0 aromatic heterocycles. The molecule has 0 aliphatic heterocycles. The standard InChI is InChI=1S/C8H16N2O2/c1-12-7(11)8(3-2-4-8)10-6-5-9/h10H,2-6,9H2,1H3. The van der Waals surface area contributed by atoms with E-state index in [1.807, 2.05) is 0 Å². The van der Waals surface area contributed by atoms with E-state index in [1.165, 1.54) is 7.11 Å². The highest BCUT2D eigenvalue weighted by atomic mass is 16.5. The molecule has 0 aromatic carbocycles. The first kappa shape index (κ1) is 9.48. The molecule has 0 radical (unpaired) electrons. The number of ether oxygens (including phenoxy) is 1. The molecule has 1 aliphatic carbocycles. The number of methoxy groups -OCH3 is 1. The Morgan fingerprint density at radius 2 is 2.33 bits per heavy atom. The molecule has 1 saturated carbocycles. The van der Waals surface area contributed by atoms with Crippen LogP contribution < -0.4 is 11.1 Å². The predicted octanol–water partition coefficient (Wildman–Crippen LogP) is -0.370. The molecule has 4 nitrogen and oxygen atoms in total. The Morgan fingerprint density at radius 3 is 2.67 bits per heavy atom.